The third-order valence-corrected chi connectivity index (χ3v) is 4.21. The zero-order chi connectivity index (χ0) is 15.5. The van der Waals surface area contributed by atoms with E-state index in [-0.39, 0.29) is 0 Å². The van der Waals surface area contributed by atoms with Crippen molar-refractivity contribution in [2.24, 2.45) is 0 Å². The lowest BCUT2D eigenvalue weighted by Crippen LogP contribution is -2.04. The molecule has 0 aromatic heterocycles. The molecule has 0 bridgehead atoms. The van der Waals surface area contributed by atoms with Crippen LogP contribution in [0.1, 0.15) is 63.5 Å². The first-order valence-corrected chi connectivity index (χ1v) is 8.95. The molecule has 0 unspecified atom stereocenters. The maximum absolute atomic E-state index is 5.76. The highest BCUT2D eigenvalue weighted by molar-refractivity contribution is 9.10. The second-order valence-corrected chi connectivity index (χ2v) is 6.39. The molecule has 0 amide bonds. The predicted molar refractivity (Wildman–Crippen MR) is 93.1 cm³/mol. The van der Waals surface area contributed by atoms with Crippen molar-refractivity contribution in [1.82, 2.24) is 0 Å². The Morgan fingerprint density at radius 1 is 0.952 bits per heavy atom. The van der Waals surface area contributed by atoms with Crippen LogP contribution in [0.25, 0.3) is 0 Å². The molecule has 0 heterocycles. The standard InChI is InChI=1S/C18H29BrO2/c1-4-6-8-10-15-12-16(11-9-7-5-2)18(17(19)13-15)21-14-20-3/h12-13H,4-11,14H2,1-3H3. The van der Waals surface area contributed by atoms with Crippen molar-refractivity contribution in [2.45, 2.75) is 65.2 Å². The van der Waals surface area contributed by atoms with Crippen molar-refractivity contribution in [3.63, 3.8) is 0 Å². The topological polar surface area (TPSA) is 18.5 Å². The number of aryl methyl sites for hydroxylation is 2. The van der Waals surface area contributed by atoms with Crippen molar-refractivity contribution in [1.29, 1.82) is 0 Å². The molecule has 1 aromatic rings. The molecule has 21 heavy (non-hydrogen) atoms. The van der Waals surface area contributed by atoms with Crippen LogP contribution in [0, 0.1) is 0 Å². The van der Waals surface area contributed by atoms with Gasteiger partial charge in [0.1, 0.15) is 5.75 Å². The minimum absolute atomic E-state index is 0.300. The summed E-state index contributed by atoms with van der Waals surface area (Å²) in [7, 11) is 1.66. The van der Waals surface area contributed by atoms with E-state index in [2.05, 4.69) is 41.9 Å². The Bertz CT molecular complexity index is 404. The Morgan fingerprint density at radius 3 is 2.24 bits per heavy atom. The summed E-state index contributed by atoms with van der Waals surface area (Å²) in [5.74, 6) is 0.951. The number of hydrogen-bond acceptors (Lipinski definition) is 2. The van der Waals surface area contributed by atoms with Gasteiger partial charge in [0.25, 0.3) is 0 Å². The van der Waals surface area contributed by atoms with Crippen LogP contribution in [0.2, 0.25) is 0 Å². The molecule has 2 nitrogen and oxygen atoms in total. The van der Waals surface area contributed by atoms with E-state index in [0.717, 1.165) is 23.1 Å². The average molecular weight is 357 g/mol. The minimum Gasteiger partial charge on any atom is -0.466 e. The van der Waals surface area contributed by atoms with Crippen LogP contribution in [-0.2, 0) is 17.6 Å². The van der Waals surface area contributed by atoms with Gasteiger partial charge in [-0.2, -0.15) is 0 Å². The molecule has 0 aliphatic rings. The van der Waals surface area contributed by atoms with Crippen LogP contribution in [0.4, 0.5) is 0 Å². The Hall–Kier alpha value is -0.540. The van der Waals surface area contributed by atoms with Gasteiger partial charge in [-0.05, 0) is 58.8 Å². The van der Waals surface area contributed by atoms with Crippen LogP contribution >= 0.6 is 15.9 Å². The highest BCUT2D eigenvalue weighted by Crippen LogP contribution is 2.32. The van der Waals surface area contributed by atoms with Gasteiger partial charge in [-0.1, -0.05) is 45.6 Å². The molecule has 120 valence electrons. The third kappa shape index (κ3) is 6.84. The molecule has 0 radical (unpaired) electrons. The molecule has 0 fully saturated rings. The molecule has 1 aromatic carbocycles. The van der Waals surface area contributed by atoms with E-state index in [0.29, 0.717) is 6.79 Å². The molecule has 0 aliphatic carbocycles. The number of rotatable bonds is 11. The number of benzene rings is 1. The first-order chi connectivity index (χ1) is 10.2. The number of methoxy groups -OCH3 is 1. The molecule has 0 atom stereocenters. The van der Waals surface area contributed by atoms with Gasteiger partial charge in [-0.3, -0.25) is 0 Å². The highest BCUT2D eigenvalue weighted by Gasteiger charge is 2.11. The van der Waals surface area contributed by atoms with E-state index in [1.54, 1.807) is 7.11 Å². The maximum Gasteiger partial charge on any atom is 0.188 e. The fourth-order valence-electron chi connectivity index (χ4n) is 2.47. The molecular weight excluding hydrogens is 328 g/mol. The normalized spacial score (nSPS) is 10.9. The van der Waals surface area contributed by atoms with Crippen molar-refractivity contribution < 1.29 is 9.47 Å². The summed E-state index contributed by atoms with van der Waals surface area (Å²) in [6.45, 7) is 4.78. The van der Waals surface area contributed by atoms with Crippen LogP contribution < -0.4 is 4.74 Å². The van der Waals surface area contributed by atoms with Gasteiger partial charge in [0.2, 0.25) is 0 Å². The van der Waals surface area contributed by atoms with Crippen LogP contribution in [0.3, 0.4) is 0 Å². The van der Waals surface area contributed by atoms with E-state index in [9.17, 15) is 0 Å². The second-order valence-electron chi connectivity index (χ2n) is 5.53. The van der Waals surface area contributed by atoms with Crippen LogP contribution in [-0.4, -0.2) is 13.9 Å². The Kier molecular flexibility index (Phi) is 9.77. The summed E-state index contributed by atoms with van der Waals surface area (Å²) < 4.78 is 11.9. The summed E-state index contributed by atoms with van der Waals surface area (Å²) in [6.07, 6.45) is 9.77. The van der Waals surface area contributed by atoms with Gasteiger partial charge < -0.3 is 9.47 Å². The Morgan fingerprint density at radius 2 is 1.62 bits per heavy atom. The molecule has 3 heteroatoms. The molecule has 1 rings (SSSR count). The van der Waals surface area contributed by atoms with E-state index < -0.39 is 0 Å². The van der Waals surface area contributed by atoms with E-state index >= 15 is 0 Å². The van der Waals surface area contributed by atoms with Gasteiger partial charge >= 0.3 is 0 Å². The molecule has 0 saturated carbocycles. The average Bonchev–Trinajstić information content (AvgIpc) is 2.47. The quantitative estimate of drug-likeness (QED) is 0.363. The highest BCUT2D eigenvalue weighted by atomic mass is 79.9. The smallest absolute Gasteiger partial charge is 0.188 e. The fourth-order valence-corrected chi connectivity index (χ4v) is 3.13. The van der Waals surface area contributed by atoms with Crippen LogP contribution in [0.15, 0.2) is 16.6 Å². The van der Waals surface area contributed by atoms with Crippen molar-refractivity contribution in [3.05, 3.63) is 27.7 Å². The zero-order valence-corrected chi connectivity index (χ0v) is 15.3. The monoisotopic (exact) mass is 356 g/mol. The number of unbranched alkanes of at least 4 members (excludes halogenated alkanes) is 4. The molecule has 0 spiro atoms. The summed E-state index contributed by atoms with van der Waals surface area (Å²) in [5.41, 5.74) is 2.72. The van der Waals surface area contributed by atoms with Gasteiger partial charge in [-0.25, -0.2) is 0 Å². The number of ether oxygens (including phenoxy) is 2. The van der Waals surface area contributed by atoms with Crippen molar-refractivity contribution in [3.8, 4) is 5.75 Å². The largest absolute Gasteiger partial charge is 0.466 e. The predicted octanol–water partition coefficient (Wildman–Crippen LogP) is 5.90. The van der Waals surface area contributed by atoms with Gasteiger partial charge in [0, 0.05) is 7.11 Å². The van der Waals surface area contributed by atoms with Crippen molar-refractivity contribution in [2.75, 3.05) is 13.9 Å². The first kappa shape index (κ1) is 18.5. The van der Waals surface area contributed by atoms with Gasteiger partial charge in [-0.15, -0.1) is 0 Å². The van der Waals surface area contributed by atoms with Crippen molar-refractivity contribution >= 4 is 15.9 Å². The lowest BCUT2D eigenvalue weighted by molar-refractivity contribution is 0.0498. The maximum atomic E-state index is 5.76. The van der Waals surface area contributed by atoms with Gasteiger partial charge in [0.05, 0.1) is 4.47 Å². The molecular formula is C18H29BrO2. The minimum atomic E-state index is 0.300. The summed E-state index contributed by atoms with van der Waals surface area (Å²) in [4.78, 5) is 0. The molecule has 0 saturated heterocycles. The Balaban J connectivity index is 2.83. The first-order valence-electron chi connectivity index (χ1n) is 8.15. The van der Waals surface area contributed by atoms with E-state index in [1.807, 2.05) is 0 Å². The lowest BCUT2D eigenvalue weighted by atomic mass is 10.00. The summed E-state index contributed by atoms with van der Waals surface area (Å²) in [5, 5.41) is 0. The van der Waals surface area contributed by atoms with E-state index in [1.165, 1.54) is 49.7 Å². The number of halogens is 1. The van der Waals surface area contributed by atoms with Crippen LogP contribution in [0.5, 0.6) is 5.75 Å². The molecule has 0 aliphatic heterocycles. The van der Waals surface area contributed by atoms with E-state index in [4.69, 9.17) is 9.47 Å². The van der Waals surface area contributed by atoms with Gasteiger partial charge in [0.15, 0.2) is 6.79 Å². The second kappa shape index (κ2) is 11.1. The summed E-state index contributed by atoms with van der Waals surface area (Å²) >= 11 is 3.67. The fraction of sp³-hybridized carbons (Fsp3) is 0.667. The molecule has 0 N–H and O–H groups in total. The summed E-state index contributed by atoms with van der Waals surface area (Å²) in [6, 6.07) is 4.52. The number of hydrogen-bond donors (Lipinski definition) is 0. The SMILES string of the molecule is CCCCCc1cc(Br)c(OCOC)c(CCCCC)c1. The zero-order valence-electron chi connectivity index (χ0n) is 13.7. The lowest BCUT2D eigenvalue weighted by Gasteiger charge is -2.15. The third-order valence-electron chi connectivity index (χ3n) is 3.62. The Labute approximate surface area is 138 Å².